The number of ketones is 1. The van der Waals surface area contributed by atoms with E-state index < -0.39 is 6.61 Å². The zero-order valence-electron chi connectivity index (χ0n) is 5.37. The Morgan fingerprint density at radius 1 is 1.56 bits per heavy atom. The van der Waals surface area contributed by atoms with Crippen LogP contribution in [0, 0.1) is 0 Å². The maximum Gasteiger partial charge on any atom is 0.180 e. The molecule has 0 heterocycles. The van der Waals surface area contributed by atoms with E-state index in [9.17, 15) is 4.79 Å². The van der Waals surface area contributed by atoms with Crippen LogP contribution in [-0.4, -0.2) is 17.5 Å². The van der Waals surface area contributed by atoms with Crippen LogP contribution in [0.15, 0.2) is 24.3 Å². The summed E-state index contributed by atoms with van der Waals surface area (Å²) in [6.45, 7) is 1.45. The third-order valence-corrected chi connectivity index (χ3v) is 0.742. The molecule has 0 amide bonds. The minimum Gasteiger partial charge on any atom is -0.388 e. The first-order valence-corrected chi connectivity index (χ1v) is 2.74. The maximum absolute atomic E-state index is 10.3. The lowest BCUT2D eigenvalue weighted by atomic mass is 10.3. The Bertz CT molecular complexity index is 134. The molecule has 0 aliphatic rings. The summed E-state index contributed by atoms with van der Waals surface area (Å²) < 4.78 is 0. The summed E-state index contributed by atoms with van der Waals surface area (Å²) in [7, 11) is 0. The fraction of sp³-hybridized carbons (Fsp3) is 0.286. The van der Waals surface area contributed by atoms with Crippen molar-refractivity contribution in [2.45, 2.75) is 6.92 Å². The number of aliphatic hydroxyl groups is 1. The van der Waals surface area contributed by atoms with Crippen LogP contribution >= 0.6 is 0 Å². The summed E-state index contributed by atoms with van der Waals surface area (Å²) in [5.74, 6) is -0.270. The lowest BCUT2D eigenvalue weighted by molar-refractivity contribution is -0.117. The SMILES string of the molecule is C/C=C/C=C/C(=O)CO. The third kappa shape index (κ3) is 4.97. The van der Waals surface area contributed by atoms with Gasteiger partial charge in [0.2, 0.25) is 0 Å². The van der Waals surface area contributed by atoms with E-state index in [0.717, 1.165) is 0 Å². The molecule has 0 bridgehead atoms. The van der Waals surface area contributed by atoms with Crippen LogP contribution in [0.1, 0.15) is 6.92 Å². The Labute approximate surface area is 54.5 Å². The van der Waals surface area contributed by atoms with Crippen molar-refractivity contribution in [3.05, 3.63) is 24.3 Å². The summed E-state index contributed by atoms with van der Waals surface area (Å²) in [6, 6.07) is 0. The first-order valence-electron chi connectivity index (χ1n) is 2.74. The molecule has 9 heavy (non-hydrogen) atoms. The Balaban J connectivity index is 3.57. The van der Waals surface area contributed by atoms with E-state index in [1.165, 1.54) is 6.08 Å². The largest absolute Gasteiger partial charge is 0.388 e. The second kappa shape index (κ2) is 5.25. The summed E-state index contributed by atoms with van der Waals surface area (Å²) in [5.41, 5.74) is 0. The normalized spacial score (nSPS) is 11.3. The number of hydrogen-bond acceptors (Lipinski definition) is 2. The predicted octanol–water partition coefficient (Wildman–Crippen LogP) is 0.680. The highest BCUT2D eigenvalue weighted by atomic mass is 16.3. The number of rotatable bonds is 3. The van der Waals surface area contributed by atoms with Crippen molar-refractivity contribution >= 4 is 5.78 Å². The van der Waals surface area contributed by atoms with Crippen LogP contribution in [0.3, 0.4) is 0 Å². The lowest BCUT2D eigenvalue weighted by Crippen LogP contribution is -1.97. The molecule has 2 nitrogen and oxygen atoms in total. The second-order valence-electron chi connectivity index (χ2n) is 1.51. The van der Waals surface area contributed by atoms with Gasteiger partial charge in [-0.15, -0.1) is 0 Å². The Morgan fingerprint density at radius 2 is 2.22 bits per heavy atom. The highest BCUT2D eigenvalue weighted by Crippen LogP contribution is 1.77. The number of aliphatic hydroxyl groups excluding tert-OH is 1. The Kier molecular flexibility index (Phi) is 4.73. The van der Waals surface area contributed by atoms with E-state index in [2.05, 4.69) is 0 Å². The first kappa shape index (κ1) is 8.11. The van der Waals surface area contributed by atoms with E-state index >= 15 is 0 Å². The molecular weight excluding hydrogens is 116 g/mol. The molecule has 0 rings (SSSR count). The van der Waals surface area contributed by atoms with Crippen LogP contribution in [-0.2, 0) is 4.79 Å². The van der Waals surface area contributed by atoms with E-state index in [0.29, 0.717) is 0 Å². The molecule has 0 radical (unpaired) electrons. The van der Waals surface area contributed by atoms with E-state index in [1.54, 1.807) is 18.2 Å². The van der Waals surface area contributed by atoms with Gasteiger partial charge < -0.3 is 5.11 Å². The van der Waals surface area contributed by atoms with Crippen molar-refractivity contribution in [2.24, 2.45) is 0 Å². The fourth-order valence-electron chi connectivity index (χ4n) is 0.327. The lowest BCUT2D eigenvalue weighted by Gasteiger charge is -1.79. The standard InChI is InChI=1S/C7H10O2/c1-2-3-4-5-7(9)6-8/h2-5,8H,6H2,1H3/b3-2+,5-4+. The number of carbonyl (C=O) groups excluding carboxylic acids is 1. The quantitative estimate of drug-likeness (QED) is 0.446. The smallest absolute Gasteiger partial charge is 0.180 e. The molecule has 0 spiro atoms. The van der Waals surface area contributed by atoms with Gasteiger partial charge in [-0.3, -0.25) is 4.79 Å². The van der Waals surface area contributed by atoms with Gasteiger partial charge in [0.05, 0.1) is 0 Å². The van der Waals surface area contributed by atoms with Gasteiger partial charge in [0.25, 0.3) is 0 Å². The van der Waals surface area contributed by atoms with Gasteiger partial charge >= 0.3 is 0 Å². The zero-order valence-corrected chi connectivity index (χ0v) is 5.37. The van der Waals surface area contributed by atoms with Gasteiger partial charge in [-0.2, -0.15) is 0 Å². The monoisotopic (exact) mass is 126 g/mol. The fourth-order valence-corrected chi connectivity index (χ4v) is 0.327. The van der Waals surface area contributed by atoms with Crippen LogP contribution in [0.2, 0.25) is 0 Å². The molecule has 0 aromatic rings. The highest BCUT2D eigenvalue weighted by Gasteiger charge is 1.86. The first-order chi connectivity index (χ1) is 4.31. The molecule has 2 heteroatoms. The highest BCUT2D eigenvalue weighted by molar-refractivity contribution is 5.90. The average molecular weight is 126 g/mol. The van der Waals surface area contributed by atoms with Crippen molar-refractivity contribution in [1.82, 2.24) is 0 Å². The zero-order chi connectivity index (χ0) is 7.11. The molecule has 0 fully saturated rings. The van der Waals surface area contributed by atoms with Crippen LogP contribution in [0.4, 0.5) is 0 Å². The van der Waals surface area contributed by atoms with Gasteiger partial charge in [-0.25, -0.2) is 0 Å². The second-order valence-corrected chi connectivity index (χ2v) is 1.51. The van der Waals surface area contributed by atoms with Gasteiger partial charge in [0.15, 0.2) is 5.78 Å². The Morgan fingerprint density at radius 3 is 2.67 bits per heavy atom. The summed E-state index contributed by atoms with van der Waals surface area (Å²) in [4.78, 5) is 10.3. The summed E-state index contributed by atoms with van der Waals surface area (Å²) >= 11 is 0. The van der Waals surface area contributed by atoms with E-state index in [4.69, 9.17) is 5.11 Å². The topological polar surface area (TPSA) is 37.3 Å². The van der Waals surface area contributed by atoms with E-state index in [-0.39, 0.29) is 5.78 Å². The molecule has 50 valence electrons. The van der Waals surface area contributed by atoms with Crippen molar-refractivity contribution < 1.29 is 9.90 Å². The van der Waals surface area contributed by atoms with Crippen LogP contribution in [0.25, 0.3) is 0 Å². The third-order valence-electron chi connectivity index (χ3n) is 0.742. The molecule has 0 aromatic heterocycles. The molecule has 0 unspecified atom stereocenters. The molecular formula is C7H10O2. The predicted molar refractivity (Wildman–Crippen MR) is 36.0 cm³/mol. The number of allylic oxidation sites excluding steroid dienone is 3. The maximum atomic E-state index is 10.3. The minimum atomic E-state index is -0.409. The van der Waals surface area contributed by atoms with Gasteiger partial charge in [-0.05, 0) is 13.0 Å². The van der Waals surface area contributed by atoms with Crippen LogP contribution < -0.4 is 0 Å². The van der Waals surface area contributed by atoms with Crippen molar-refractivity contribution in [2.75, 3.05) is 6.61 Å². The van der Waals surface area contributed by atoms with Crippen LogP contribution in [0.5, 0.6) is 0 Å². The molecule has 0 aliphatic carbocycles. The molecule has 0 saturated carbocycles. The molecule has 0 atom stereocenters. The molecule has 0 saturated heterocycles. The van der Waals surface area contributed by atoms with Gasteiger partial charge in [0, 0.05) is 0 Å². The molecule has 0 aliphatic heterocycles. The molecule has 1 N–H and O–H groups in total. The number of hydrogen-bond donors (Lipinski definition) is 1. The van der Waals surface area contributed by atoms with E-state index in [1.807, 2.05) is 6.92 Å². The molecule has 0 aromatic carbocycles. The average Bonchev–Trinajstić information content (AvgIpc) is 1.89. The minimum absolute atomic E-state index is 0.270. The van der Waals surface area contributed by atoms with Crippen molar-refractivity contribution in [1.29, 1.82) is 0 Å². The van der Waals surface area contributed by atoms with Gasteiger partial charge in [-0.1, -0.05) is 18.2 Å². The van der Waals surface area contributed by atoms with Gasteiger partial charge in [0.1, 0.15) is 6.61 Å². The summed E-state index contributed by atoms with van der Waals surface area (Å²) in [6.07, 6.45) is 6.47. The number of carbonyl (C=O) groups is 1. The Hall–Kier alpha value is -0.890. The summed E-state index contributed by atoms with van der Waals surface area (Å²) in [5, 5.41) is 8.21. The van der Waals surface area contributed by atoms with Crippen molar-refractivity contribution in [3.63, 3.8) is 0 Å². The van der Waals surface area contributed by atoms with Crippen molar-refractivity contribution in [3.8, 4) is 0 Å².